The zero-order valence-electron chi connectivity index (χ0n) is 12.7. The monoisotopic (exact) mass is 352 g/mol. The SMILES string of the molecule is O=C(Nc1ccccc1F)C1CC(=O)N(c2ccc(F)c(F)c2F)C1. The molecule has 130 valence electrons. The van der Waals surface area contributed by atoms with Crippen LogP contribution >= 0.6 is 0 Å². The van der Waals surface area contributed by atoms with E-state index in [0.29, 0.717) is 6.07 Å². The highest BCUT2D eigenvalue weighted by Crippen LogP contribution is 2.30. The minimum Gasteiger partial charge on any atom is -0.323 e. The molecule has 0 spiro atoms. The predicted octanol–water partition coefficient (Wildman–Crippen LogP) is 3.23. The van der Waals surface area contributed by atoms with Crippen molar-refractivity contribution in [2.75, 3.05) is 16.8 Å². The van der Waals surface area contributed by atoms with E-state index in [9.17, 15) is 27.2 Å². The summed E-state index contributed by atoms with van der Waals surface area (Å²) in [7, 11) is 0. The number of anilines is 2. The molecule has 1 atom stereocenters. The summed E-state index contributed by atoms with van der Waals surface area (Å²) in [6, 6.07) is 7.14. The van der Waals surface area contributed by atoms with Crippen LogP contribution in [0.25, 0.3) is 0 Å². The lowest BCUT2D eigenvalue weighted by molar-refractivity contribution is -0.122. The Morgan fingerprint density at radius 3 is 2.44 bits per heavy atom. The molecule has 1 fully saturated rings. The number of hydrogen-bond donors (Lipinski definition) is 1. The second-order valence-corrected chi connectivity index (χ2v) is 5.57. The van der Waals surface area contributed by atoms with E-state index in [1.807, 2.05) is 0 Å². The van der Waals surface area contributed by atoms with Crippen molar-refractivity contribution >= 4 is 23.2 Å². The van der Waals surface area contributed by atoms with Gasteiger partial charge >= 0.3 is 0 Å². The van der Waals surface area contributed by atoms with E-state index in [1.54, 1.807) is 0 Å². The Balaban J connectivity index is 1.78. The molecular formula is C17H12F4N2O2. The second-order valence-electron chi connectivity index (χ2n) is 5.57. The van der Waals surface area contributed by atoms with E-state index in [2.05, 4.69) is 5.32 Å². The van der Waals surface area contributed by atoms with Crippen molar-refractivity contribution in [1.82, 2.24) is 0 Å². The first-order valence-electron chi connectivity index (χ1n) is 7.37. The summed E-state index contributed by atoms with van der Waals surface area (Å²) < 4.78 is 53.8. The fraction of sp³-hybridized carbons (Fsp3) is 0.176. The molecular weight excluding hydrogens is 340 g/mol. The van der Waals surface area contributed by atoms with Crippen LogP contribution < -0.4 is 10.2 Å². The fourth-order valence-corrected chi connectivity index (χ4v) is 2.64. The molecule has 4 nitrogen and oxygen atoms in total. The summed E-state index contributed by atoms with van der Waals surface area (Å²) in [5.41, 5.74) is -0.484. The minimum absolute atomic E-state index is 0.0441. The van der Waals surface area contributed by atoms with Crippen molar-refractivity contribution in [3.8, 4) is 0 Å². The summed E-state index contributed by atoms with van der Waals surface area (Å²) in [6.45, 7) is -0.221. The maximum absolute atomic E-state index is 13.9. The van der Waals surface area contributed by atoms with E-state index >= 15 is 0 Å². The van der Waals surface area contributed by atoms with Gasteiger partial charge in [-0.2, -0.15) is 0 Å². The molecule has 0 aliphatic carbocycles. The van der Waals surface area contributed by atoms with Gasteiger partial charge in [-0.15, -0.1) is 0 Å². The van der Waals surface area contributed by atoms with Crippen LogP contribution in [0.4, 0.5) is 28.9 Å². The van der Waals surface area contributed by atoms with E-state index in [1.165, 1.54) is 24.3 Å². The standard InChI is InChI=1S/C17H12F4N2O2/c18-10-3-1-2-4-12(10)22-17(25)9-7-14(24)23(8-9)13-6-5-11(19)15(20)16(13)21/h1-6,9H,7-8H2,(H,22,25). The van der Waals surface area contributed by atoms with Crippen LogP contribution in [0.3, 0.4) is 0 Å². The molecule has 1 unspecified atom stereocenters. The Bertz CT molecular complexity index is 857. The molecule has 2 aromatic carbocycles. The summed E-state index contributed by atoms with van der Waals surface area (Å²) >= 11 is 0. The first-order chi connectivity index (χ1) is 11.9. The van der Waals surface area contributed by atoms with Crippen molar-refractivity contribution < 1.29 is 27.2 Å². The maximum atomic E-state index is 13.9. The van der Waals surface area contributed by atoms with Crippen LogP contribution in [0, 0.1) is 29.2 Å². The van der Waals surface area contributed by atoms with E-state index in [0.717, 1.165) is 11.0 Å². The average molecular weight is 352 g/mol. The molecule has 0 aromatic heterocycles. The number of carbonyl (C=O) groups is 2. The summed E-state index contributed by atoms with van der Waals surface area (Å²) in [5.74, 6) is -7.30. The highest BCUT2D eigenvalue weighted by Gasteiger charge is 2.37. The first kappa shape index (κ1) is 16.9. The summed E-state index contributed by atoms with van der Waals surface area (Å²) in [5, 5.41) is 2.36. The van der Waals surface area contributed by atoms with Gasteiger partial charge in [0.1, 0.15) is 5.82 Å². The molecule has 1 saturated heterocycles. The van der Waals surface area contributed by atoms with Crippen molar-refractivity contribution in [2.24, 2.45) is 5.92 Å². The van der Waals surface area contributed by atoms with Gasteiger partial charge in [0, 0.05) is 13.0 Å². The zero-order chi connectivity index (χ0) is 18.1. The van der Waals surface area contributed by atoms with Crippen LogP contribution in [0.2, 0.25) is 0 Å². The van der Waals surface area contributed by atoms with Crippen LogP contribution in [-0.2, 0) is 9.59 Å². The zero-order valence-corrected chi connectivity index (χ0v) is 12.7. The highest BCUT2D eigenvalue weighted by atomic mass is 19.2. The topological polar surface area (TPSA) is 49.4 Å². The molecule has 1 aliphatic rings. The largest absolute Gasteiger partial charge is 0.323 e. The summed E-state index contributed by atoms with van der Waals surface area (Å²) in [6.07, 6.45) is -0.251. The molecule has 1 aliphatic heterocycles. The van der Waals surface area contributed by atoms with E-state index in [-0.39, 0.29) is 18.7 Å². The Morgan fingerprint density at radius 1 is 1.00 bits per heavy atom. The third-order valence-electron chi connectivity index (χ3n) is 3.93. The fourth-order valence-electron chi connectivity index (χ4n) is 2.64. The van der Waals surface area contributed by atoms with Gasteiger partial charge in [0.15, 0.2) is 17.5 Å². The number of hydrogen-bond acceptors (Lipinski definition) is 2. The molecule has 8 heteroatoms. The molecule has 2 aromatic rings. The van der Waals surface area contributed by atoms with Crippen LogP contribution in [-0.4, -0.2) is 18.4 Å². The molecule has 2 amide bonds. The van der Waals surface area contributed by atoms with Crippen LogP contribution in [0.1, 0.15) is 6.42 Å². The van der Waals surface area contributed by atoms with E-state index < -0.39 is 46.7 Å². The van der Waals surface area contributed by atoms with Crippen LogP contribution in [0.15, 0.2) is 36.4 Å². The van der Waals surface area contributed by atoms with Crippen molar-refractivity contribution in [2.45, 2.75) is 6.42 Å². The van der Waals surface area contributed by atoms with Gasteiger partial charge in [0.2, 0.25) is 11.8 Å². The lowest BCUT2D eigenvalue weighted by Gasteiger charge is -2.18. The third-order valence-corrected chi connectivity index (χ3v) is 3.93. The van der Waals surface area contributed by atoms with Gasteiger partial charge in [-0.1, -0.05) is 12.1 Å². The average Bonchev–Trinajstić information content (AvgIpc) is 2.97. The van der Waals surface area contributed by atoms with Crippen molar-refractivity contribution in [3.05, 3.63) is 59.7 Å². The molecule has 1 heterocycles. The quantitative estimate of drug-likeness (QED) is 0.681. The minimum atomic E-state index is -1.69. The smallest absolute Gasteiger partial charge is 0.229 e. The van der Waals surface area contributed by atoms with E-state index in [4.69, 9.17) is 0 Å². The van der Waals surface area contributed by atoms with Gasteiger partial charge in [-0.3, -0.25) is 9.59 Å². The van der Waals surface area contributed by atoms with Gasteiger partial charge in [-0.25, -0.2) is 17.6 Å². The van der Waals surface area contributed by atoms with Gasteiger partial charge in [0.25, 0.3) is 0 Å². The lowest BCUT2D eigenvalue weighted by Crippen LogP contribution is -2.29. The number of amides is 2. The molecule has 3 rings (SSSR count). The molecule has 0 saturated carbocycles. The van der Waals surface area contributed by atoms with Crippen LogP contribution in [0.5, 0.6) is 0 Å². The Kier molecular flexibility index (Phi) is 4.43. The molecule has 0 bridgehead atoms. The first-order valence-corrected chi connectivity index (χ1v) is 7.37. The number of carbonyl (C=O) groups excluding carboxylic acids is 2. The Labute approximate surface area is 140 Å². The normalized spacial score (nSPS) is 17.0. The second kappa shape index (κ2) is 6.54. The maximum Gasteiger partial charge on any atom is 0.229 e. The summed E-state index contributed by atoms with van der Waals surface area (Å²) in [4.78, 5) is 25.1. The van der Waals surface area contributed by atoms with Gasteiger partial charge in [-0.05, 0) is 24.3 Å². The lowest BCUT2D eigenvalue weighted by atomic mass is 10.1. The predicted molar refractivity (Wildman–Crippen MR) is 81.8 cm³/mol. The van der Waals surface area contributed by atoms with Crippen molar-refractivity contribution in [1.29, 1.82) is 0 Å². The molecule has 1 N–H and O–H groups in total. The Hall–Kier alpha value is -2.90. The van der Waals surface area contributed by atoms with Gasteiger partial charge < -0.3 is 10.2 Å². The number of para-hydroxylation sites is 1. The highest BCUT2D eigenvalue weighted by molar-refractivity contribution is 6.03. The number of nitrogens with zero attached hydrogens (tertiary/aromatic N) is 1. The van der Waals surface area contributed by atoms with Gasteiger partial charge in [0.05, 0.1) is 17.3 Å². The third kappa shape index (κ3) is 3.19. The number of nitrogens with one attached hydrogen (secondary N) is 1. The molecule has 25 heavy (non-hydrogen) atoms. The molecule has 0 radical (unpaired) electrons. The van der Waals surface area contributed by atoms with Crippen molar-refractivity contribution in [3.63, 3.8) is 0 Å². The number of halogens is 4. The number of rotatable bonds is 3. The Morgan fingerprint density at radius 2 is 1.72 bits per heavy atom. The number of benzene rings is 2.